The van der Waals surface area contributed by atoms with Crippen LogP contribution in [0.25, 0.3) is 0 Å². The molecule has 4 nitrogen and oxygen atoms in total. The Kier molecular flexibility index (Phi) is 3.24. The first kappa shape index (κ1) is 14.5. The largest absolute Gasteiger partial charge is 0.465 e. The first-order valence-corrected chi connectivity index (χ1v) is 8.93. The lowest BCUT2D eigenvalue weighted by molar-refractivity contribution is -0.562. The Bertz CT molecular complexity index is 481. The molecule has 21 heavy (non-hydrogen) atoms. The van der Waals surface area contributed by atoms with Crippen molar-refractivity contribution >= 4 is 15.9 Å². The van der Waals surface area contributed by atoms with Crippen molar-refractivity contribution in [3.8, 4) is 0 Å². The summed E-state index contributed by atoms with van der Waals surface area (Å²) < 4.78 is 12.4. The van der Waals surface area contributed by atoms with Gasteiger partial charge in [0.15, 0.2) is 5.60 Å². The van der Waals surface area contributed by atoms with Crippen LogP contribution in [0, 0.1) is 23.7 Å². The zero-order valence-electron chi connectivity index (χ0n) is 12.8. The monoisotopic (exact) mass is 358 g/mol. The number of halogens is 1. The van der Waals surface area contributed by atoms with Crippen molar-refractivity contribution in [1.82, 2.24) is 0 Å². The fraction of sp³-hybridized carbons (Fsp3) is 0.875. The van der Waals surface area contributed by atoms with Crippen molar-refractivity contribution in [2.45, 2.75) is 64.1 Å². The van der Waals surface area contributed by atoms with Gasteiger partial charge in [-0.3, -0.25) is 0 Å². The third-order valence-corrected chi connectivity index (χ3v) is 6.63. The second kappa shape index (κ2) is 4.70. The van der Waals surface area contributed by atoms with Gasteiger partial charge in [-0.1, -0.05) is 29.8 Å². The van der Waals surface area contributed by atoms with Crippen LogP contribution in [0.5, 0.6) is 0 Å². The van der Waals surface area contributed by atoms with E-state index in [1.165, 1.54) is 6.42 Å². The maximum absolute atomic E-state index is 6.23. The van der Waals surface area contributed by atoms with Crippen LogP contribution in [0.2, 0.25) is 0 Å². The topological polar surface area (TPSA) is 36.9 Å². The standard InChI is InChI=1S/C16H23BrO4/c1-9-4-5-12-10(2)13(8-17)18-14-16(12)11(9)6-7-15(3,19-14)20-21-16/h8-12,14H,4-7H2,1-3H3/b13-8+/t9-,10-,11+,12+,14-,15+,16-/m1/s1. The lowest BCUT2D eigenvalue weighted by Crippen LogP contribution is -2.68. The number of ether oxygens (including phenoxy) is 2. The van der Waals surface area contributed by atoms with Crippen molar-refractivity contribution < 1.29 is 19.2 Å². The summed E-state index contributed by atoms with van der Waals surface area (Å²) in [6, 6.07) is 0. The van der Waals surface area contributed by atoms with Gasteiger partial charge in [-0.15, -0.1) is 0 Å². The van der Waals surface area contributed by atoms with E-state index in [1.54, 1.807) is 0 Å². The summed E-state index contributed by atoms with van der Waals surface area (Å²) in [5.74, 6) is 2.01. The molecule has 0 aromatic rings. The van der Waals surface area contributed by atoms with E-state index in [0.29, 0.717) is 23.7 Å². The highest BCUT2D eigenvalue weighted by atomic mass is 79.9. The molecule has 4 aliphatic heterocycles. The third-order valence-electron chi connectivity index (χ3n) is 6.18. The number of hydrogen-bond acceptors (Lipinski definition) is 4. The van der Waals surface area contributed by atoms with Crippen molar-refractivity contribution in [2.75, 3.05) is 0 Å². The van der Waals surface area contributed by atoms with Gasteiger partial charge in [0, 0.05) is 29.2 Å². The van der Waals surface area contributed by atoms with Crippen LogP contribution in [0.3, 0.4) is 0 Å². The molecule has 1 spiro atoms. The Labute approximate surface area is 134 Å². The fourth-order valence-corrected chi connectivity index (χ4v) is 5.46. The SMILES string of the molecule is C[C@@H]1CC[C@H]2[C@@H](C)/C(=C\Br)O[C@@H]3O[C@]4(C)CC[C@@H]1[C@]32OO4. The normalized spacial score (nSPS) is 57.5. The molecule has 2 bridgehead atoms. The summed E-state index contributed by atoms with van der Waals surface area (Å²) in [6.07, 6.45) is 3.94. The highest BCUT2D eigenvalue weighted by Gasteiger charge is 2.69. The van der Waals surface area contributed by atoms with Gasteiger partial charge >= 0.3 is 0 Å². The number of allylic oxidation sites excluding steroid dienone is 1. The van der Waals surface area contributed by atoms with Crippen LogP contribution in [0.15, 0.2) is 10.7 Å². The zero-order chi connectivity index (χ0) is 14.8. The molecule has 5 fully saturated rings. The minimum absolute atomic E-state index is 0.310. The van der Waals surface area contributed by atoms with Gasteiger partial charge in [0.1, 0.15) is 5.76 Å². The van der Waals surface area contributed by atoms with E-state index in [0.717, 1.165) is 25.0 Å². The quantitative estimate of drug-likeness (QED) is 0.610. The van der Waals surface area contributed by atoms with E-state index >= 15 is 0 Å². The molecule has 0 aromatic carbocycles. The molecular formula is C16H23BrO4. The summed E-state index contributed by atoms with van der Waals surface area (Å²) in [7, 11) is 0. The maximum Gasteiger partial charge on any atom is 0.235 e. The molecule has 4 saturated heterocycles. The number of hydrogen-bond donors (Lipinski definition) is 0. The van der Waals surface area contributed by atoms with Gasteiger partial charge in [0.2, 0.25) is 12.1 Å². The highest BCUT2D eigenvalue weighted by Crippen LogP contribution is 2.61. The van der Waals surface area contributed by atoms with Gasteiger partial charge in [0.25, 0.3) is 0 Å². The Hall–Kier alpha value is -0.100. The van der Waals surface area contributed by atoms with Crippen molar-refractivity contribution in [3.05, 3.63) is 10.7 Å². The molecule has 5 rings (SSSR count). The van der Waals surface area contributed by atoms with E-state index in [9.17, 15) is 0 Å². The summed E-state index contributed by atoms with van der Waals surface area (Å²) >= 11 is 3.44. The van der Waals surface area contributed by atoms with Crippen molar-refractivity contribution in [1.29, 1.82) is 0 Å². The van der Waals surface area contributed by atoms with Crippen LogP contribution in [-0.2, 0) is 19.2 Å². The summed E-state index contributed by atoms with van der Waals surface area (Å²) in [4.78, 5) is 13.7. The van der Waals surface area contributed by atoms with E-state index in [2.05, 4.69) is 29.8 Å². The van der Waals surface area contributed by atoms with Crippen LogP contribution in [0.1, 0.15) is 46.5 Å². The third kappa shape index (κ3) is 1.84. The fourth-order valence-electron chi connectivity index (χ4n) is 4.94. The van der Waals surface area contributed by atoms with Gasteiger partial charge in [-0.05, 0) is 32.1 Å². The molecule has 0 aromatic heterocycles. The molecule has 0 unspecified atom stereocenters. The first-order chi connectivity index (χ1) is 10.00. The molecule has 0 N–H and O–H groups in total. The van der Waals surface area contributed by atoms with E-state index in [-0.39, 0.29) is 6.29 Å². The Balaban J connectivity index is 1.83. The lowest BCUT2D eigenvalue weighted by Gasteiger charge is -2.59. The Morgan fingerprint density at radius 2 is 1.95 bits per heavy atom. The van der Waals surface area contributed by atoms with Crippen LogP contribution >= 0.6 is 15.9 Å². The molecule has 0 amide bonds. The lowest BCUT2D eigenvalue weighted by atomic mass is 9.58. The van der Waals surface area contributed by atoms with E-state index in [4.69, 9.17) is 19.2 Å². The van der Waals surface area contributed by atoms with Crippen LogP contribution < -0.4 is 0 Å². The maximum atomic E-state index is 6.23. The Morgan fingerprint density at radius 1 is 1.14 bits per heavy atom. The van der Waals surface area contributed by atoms with Crippen LogP contribution in [0.4, 0.5) is 0 Å². The molecule has 118 valence electrons. The average Bonchev–Trinajstić information content (AvgIpc) is 2.69. The van der Waals surface area contributed by atoms with Crippen molar-refractivity contribution in [2.24, 2.45) is 23.7 Å². The molecular weight excluding hydrogens is 336 g/mol. The zero-order valence-corrected chi connectivity index (χ0v) is 14.4. The molecule has 5 aliphatic rings. The second-order valence-electron chi connectivity index (χ2n) is 7.33. The molecule has 7 atom stereocenters. The molecule has 5 heteroatoms. The molecule has 4 heterocycles. The predicted octanol–water partition coefficient (Wildman–Crippen LogP) is 4.10. The van der Waals surface area contributed by atoms with Gasteiger partial charge in [-0.25, -0.2) is 9.78 Å². The molecule has 0 radical (unpaired) electrons. The second-order valence-corrected chi connectivity index (χ2v) is 7.79. The van der Waals surface area contributed by atoms with Gasteiger partial charge < -0.3 is 9.47 Å². The summed E-state index contributed by atoms with van der Waals surface area (Å²) in [5, 5.41) is 0. The van der Waals surface area contributed by atoms with Gasteiger partial charge in [-0.2, -0.15) is 0 Å². The van der Waals surface area contributed by atoms with Crippen molar-refractivity contribution in [3.63, 3.8) is 0 Å². The predicted molar refractivity (Wildman–Crippen MR) is 80.1 cm³/mol. The molecule has 1 aliphatic carbocycles. The summed E-state index contributed by atoms with van der Waals surface area (Å²) in [6.45, 7) is 6.51. The van der Waals surface area contributed by atoms with E-state index < -0.39 is 11.4 Å². The average molecular weight is 359 g/mol. The summed E-state index contributed by atoms with van der Waals surface area (Å²) in [5.41, 5.74) is -0.452. The molecule has 1 saturated carbocycles. The smallest absolute Gasteiger partial charge is 0.235 e. The van der Waals surface area contributed by atoms with Crippen LogP contribution in [-0.4, -0.2) is 17.7 Å². The highest BCUT2D eigenvalue weighted by molar-refractivity contribution is 9.11. The Morgan fingerprint density at radius 3 is 2.71 bits per heavy atom. The van der Waals surface area contributed by atoms with E-state index in [1.807, 2.05) is 11.9 Å². The number of fused-ring (bicyclic) bond motifs is 2. The first-order valence-electron chi connectivity index (χ1n) is 8.02. The number of rotatable bonds is 0. The minimum atomic E-state index is -0.685. The minimum Gasteiger partial charge on any atom is -0.465 e. The van der Waals surface area contributed by atoms with Gasteiger partial charge in [0.05, 0.1) is 0 Å².